The molecule has 16 heavy (non-hydrogen) atoms. The number of hydrogen-bond acceptors (Lipinski definition) is 4. The Balaban J connectivity index is 1.73. The van der Waals surface area contributed by atoms with Crippen LogP contribution in [0.4, 0.5) is 0 Å². The van der Waals surface area contributed by atoms with Crippen LogP contribution in [-0.2, 0) is 0 Å². The number of nitrogens with zero attached hydrogens (tertiary/aromatic N) is 2. The maximum Gasteiger partial charge on any atom is 0.257 e. The molecule has 88 valence electrons. The Bertz CT molecular complexity index is 380. The topological polar surface area (TPSA) is 38.5 Å². The third-order valence-corrected chi connectivity index (χ3v) is 3.97. The van der Waals surface area contributed by atoms with Gasteiger partial charge in [-0.15, -0.1) is 0 Å². The SMILES string of the molecule is Cc1onc(OC2CN3CCC2CC3)c1C. The molecule has 0 N–H and O–H groups in total. The molecule has 1 atom stereocenters. The van der Waals surface area contributed by atoms with Crippen LogP contribution in [0, 0.1) is 19.8 Å². The molecule has 3 aliphatic rings. The second kappa shape index (κ2) is 3.77. The summed E-state index contributed by atoms with van der Waals surface area (Å²) in [5.41, 5.74) is 1.04. The molecule has 3 saturated heterocycles. The smallest absolute Gasteiger partial charge is 0.257 e. The Morgan fingerprint density at radius 1 is 1.31 bits per heavy atom. The van der Waals surface area contributed by atoms with Gasteiger partial charge in [-0.25, -0.2) is 0 Å². The molecule has 4 heterocycles. The molecule has 1 aromatic rings. The van der Waals surface area contributed by atoms with E-state index in [4.69, 9.17) is 9.26 Å². The molecule has 0 aliphatic carbocycles. The number of hydrogen-bond donors (Lipinski definition) is 0. The minimum Gasteiger partial charge on any atom is -0.470 e. The van der Waals surface area contributed by atoms with E-state index >= 15 is 0 Å². The molecule has 3 fully saturated rings. The average Bonchev–Trinajstić information content (AvgIpc) is 2.63. The lowest BCUT2D eigenvalue weighted by Crippen LogP contribution is -2.52. The van der Waals surface area contributed by atoms with Crippen LogP contribution in [0.2, 0.25) is 0 Å². The molecule has 2 bridgehead atoms. The van der Waals surface area contributed by atoms with Gasteiger partial charge >= 0.3 is 0 Å². The molecule has 3 aliphatic heterocycles. The van der Waals surface area contributed by atoms with Gasteiger partial charge in [-0.05, 0) is 50.9 Å². The van der Waals surface area contributed by atoms with Crippen molar-refractivity contribution in [1.29, 1.82) is 0 Å². The highest BCUT2D eigenvalue weighted by Gasteiger charge is 2.36. The van der Waals surface area contributed by atoms with Crippen molar-refractivity contribution in [2.75, 3.05) is 19.6 Å². The Labute approximate surface area is 95.5 Å². The predicted molar refractivity (Wildman–Crippen MR) is 59.6 cm³/mol. The highest BCUT2D eigenvalue weighted by atomic mass is 16.5. The summed E-state index contributed by atoms with van der Waals surface area (Å²) in [6, 6.07) is 0. The average molecular weight is 222 g/mol. The van der Waals surface area contributed by atoms with E-state index in [1.807, 2.05) is 13.8 Å². The summed E-state index contributed by atoms with van der Waals surface area (Å²) < 4.78 is 11.1. The third-order valence-electron chi connectivity index (χ3n) is 3.97. The van der Waals surface area contributed by atoms with Crippen LogP contribution < -0.4 is 4.74 Å². The third kappa shape index (κ3) is 1.61. The van der Waals surface area contributed by atoms with Crippen molar-refractivity contribution in [3.8, 4) is 5.88 Å². The number of aromatic nitrogens is 1. The van der Waals surface area contributed by atoms with Crippen LogP contribution in [0.1, 0.15) is 24.2 Å². The van der Waals surface area contributed by atoms with E-state index in [2.05, 4.69) is 10.1 Å². The highest BCUT2D eigenvalue weighted by Crippen LogP contribution is 2.31. The largest absolute Gasteiger partial charge is 0.470 e. The van der Waals surface area contributed by atoms with E-state index in [1.54, 1.807) is 0 Å². The number of piperidine rings is 3. The molecule has 4 rings (SSSR count). The van der Waals surface area contributed by atoms with Gasteiger partial charge in [-0.3, -0.25) is 4.90 Å². The Morgan fingerprint density at radius 3 is 2.56 bits per heavy atom. The predicted octanol–water partition coefficient (Wildman–Crippen LogP) is 1.76. The van der Waals surface area contributed by atoms with Crippen molar-refractivity contribution in [3.63, 3.8) is 0 Å². The van der Waals surface area contributed by atoms with Crippen molar-refractivity contribution in [3.05, 3.63) is 11.3 Å². The summed E-state index contributed by atoms with van der Waals surface area (Å²) in [4.78, 5) is 2.48. The van der Waals surface area contributed by atoms with E-state index in [0.29, 0.717) is 17.9 Å². The van der Waals surface area contributed by atoms with E-state index < -0.39 is 0 Å². The summed E-state index contributed by atoms with van der Waals surface area (Å²) in [6.07, 6.45) is 2.84. The molecule has 0 spiro atoms. The maximum atomic E-state index is 5.99. The first-order valence-corrected chi connectivity index (χ1v) is 6.06. The van der Waals surface area contributed by atoms with Gasteiger partial charge in [0.15, 0.2) is 0 Å². The monoisotopic (exact) mass is 222 g/mol. The fraction of sp³-hybridized carbons (Fsp3) is 0.750. The fourth-order valence-electron chi connectivity index (χ4n) is 2.70. The zero-order chi connectivity index (χ0) is 11.1. The zero-order valence-corrected chi connectivity index (χ0v) is 9.90. The van der Waals surface area contributed by atoms with Gasteiger partial charge in [-0.2, -0.15) is 0 Å². The number of aryl methyl sites for hydroxylation is 1. The summed E-state index contributed by atoms with van der Waals surface area (Å²) in [6.45, 7) is 7.45. The first-order chi connectivity index (χ1) is 7.74. The highest BCUT2D eigenvalue weighted by molar-refractivity contribution is 5.25. The Hall–Kier alpha value is -1.03. The molecular formula is C12H18N2O2. The molecule has 0 radical (unpaired) electrons. The maximum absolute atomic E-state index is 5.99. The van der Waals surface area contributed by atoms with E-state index in [-0.39, 0.29) is 0 Å². The molecule has 4 heteroatoms. The van der Waals surface area contributed by atoms with E-state index in [0.717, 1.165) is 17.9 Å². The first-order valence-electron chi connectivity index (χ1n) is 6.06. The molecule has 0 saturated carbocycles. The summed E-state index contributed by atoms with van der Waals surface area (Å²) in [5.74, 6) is 2.26. The van der Waals surface area contributed by atoms with Crippen LogP contribution in [0.25, 0.3) is 0 Å². The van der Waals surface area contributed by atoms with Gasteiger partial charge in [0.25, 0.3) is 5.88 Å². The van der Waals surface area contributed by atoms with E-state index in [1.165, 1.54) is 25.9 Å². The van der Waals surface area contributed by atoms with Crippen molar-refractivity contribution in [1.82, 2.24) is 10.1 Å². The van der Waals surface area contributed by atoms with Crippen molar-refractivity contribution in [2.45, 2.75) is 32.8 Å². The Kier molecular flexibility index (Phi) is 2.39. The summed E-state index contributed by atoms with van der Waals surface area (Å²) >= 11 is 0. The van der Waals surface area contributed by atoms with Gasteiger partial charge in [0.1, 0.15) is 11.9 Å². The second-order valence-electron chi connectivity index (χ2n) is 4.96. The molecular weight excluding hydrogens is 204 g/mol. The van der Waals surface area contributed by atoms with Gasteiger partial charge in [0.05, 0.1) is 5.56 Å². The molecule has 1 aromatic heterocycles. The minimum atomic E-state index is 0.311. The van der Waals surface area contributed by atoms with Gasteiger partial charge in [0.2, 0.25) is 0 Å². The quantitative estimate of drug-likeness (QED) is 0.764. The van der Waals surface area contributed by atoms with Gasteiger partial charge in [0, 0.05) is 6.54 Å². The van der Waals surface area contributed by atoms with Crippen LogP contribution in [0.15, 0.2) is 4.52 Å². The molecule has 0 amide bonds. The van der Waals surface area contributed by atoms with Gasteiger partial charge < -0.3 is 9.26 Å². The zero-order valence-electron chi connectivity index (χ0n) is 9.90. The van der Waals surface area contributed by atoms with E-state index in [9.17, 15) is 0 Å². The second-order valence-corrected chi connectivity index (χ2v) is 4.96. The van der Waals surface area contributed by atoms with Crippen molar-refractivity contribution >= 4 is 0 Å². The van der Waals surface area contributed by atoms with Gasteiger partial charge in [-0.1, -0.05) is 0 Å². The lowest BCUT2D eigenvalue weighted by molar-refractivity contribution is -0.0116. The van der Waals surface area contributed by atoms with Crippen LogP contribution in [0.3, 0.4) is 0 Å². The van der Waals surface area contributed by atoms with Crippen molar-refractivity contribution in [2.24, 2.45) is 5.92 Å². The number of ether oxygens (including phenoxy) is 1. The molecule has 1 unspecified atom stereocenters. The Morgan fingerprint density at radius 2 is 2.06 bits per heavy atom. The number of rotatable bonds is 2. The minimum absolute atomic E-state index is 0.311. The van der Waals surface area contributed by atoms with Crippen LogP contribution in [0.5, 0.6) is 5.88 Å². The summed E-state index contributed by atoms with van der Waals surface area (Å²) in [5, 5.41) is 3.98. The van der Waals surface area contributed by atoms with Crippen LogP contribution >= 0.6 is 0 Å². The fourth-order valence-corrected chi connectivity index (χ4v) is 2.70. The normalized spacial score (nSPS) is 33.0. The lowest BCUT2D eigenvalue weighted by atomic mass is 9.86. The van der Waals surface area contributed by atoms with Crippen LogP contribution in [-0.4, -0.2) is 35.8 Å². The lowest BCUT2D eigenvalue weighted by Gasteiger charge is -2.43. The van der Waals surface area contributed by atoms with Crippen molar-refractivity contribution < 1.29 is 9.26 Å². The standard InChI is InChI=1S/C12H18N2O2/c1-8-9(2)16-13-12(8)15-11-7-14-5-3-10(11)4-6-14/h10-11H,3-7H2,1-2H3. The summed E-state index contributed by atoms with van der Waals surface area (Å²) in [7, 11) is 0. The molecule has 0 aromatic carbocycles. The molecule has 4 nitrogen and oxygen atoms in total. The first kappa shape index (κ1) is 10.1. The number of fused-ring (bicyclic) bond motifs is 3.